The van der Waals surface area contributed by atoms with Gasteiger partial charge in [-0.3, -0.25) is 0 Å². The van der Waals surface area contributed by atoms with Crippen LogP contribution in [0.5, 0.6) is 11.5 Å². The first-order chi connectivity index (χ1) is 14.2. The summed E-state index contributed by atoms with van der Waals surface area (Å²) in [6, 6.07) is 21.6. The SMILES string of the molecule is CCCc1ccc(C(=O)OC)c(OC)c1-c1ccccc1OCc1ccccc1. The molecular formula is C25H26O4. The number of ether oxygens (including phenoxy) is 3. The van der Waals surface area contributed by atoms with Crippen molar-refractivity contribution in [3.05, 3.63) is 83.4 Å². The third kappa shape index (κ3) is 4.60. The van der Waals surface area contributed by atoms with Crippen LogP contribution in [-0.4, -0.2) is 20.2 Å². The van der Waals surface area contributed by atoms with E-state index in [1.54, 1.807) is 13.2 Å². The molecule has 0 heterocycles. The number of methoxy groups -OCH3 is 2. The highest BCUT2D eigenvalue weighted by atomic mass is 16.5. The van der Waals surface area contributed by atoms with Crippen LogP contribution in [0.4, 0.5) is 0 Å². The fourth-order valence-corrected chi connectivity index (χ4v) is 3.41. The minimum Gasteiger partial charge on any atom is -0.495 e. The Balaban J connectivity index is 2.10. The van der Waals surface area contributed by atoms with Gasteiger partial charge in [-0.1, -0.05) is 67.9 Å². The van der Waals surface area contributed by atoms with Gasteiger partial charge in [-0.25, -0.2) is 4.79 Å². The molecule has 0 spiro atoms. The van der Waals surface area contributed by atoms with Crippen molar-refractivity contribution < 1.29 is 19.0 Å². The van der Waals surface area contributed by atoms with Gasteiger partial charge in [0.15, 0.2) is 0 Å². The van der Waals surface area contributed by atoms with Gasteiger partial charge < -0.3 is 14.2 Å². The monoisotopic (exact) mass is 390 g/mol. The van der Waals surface area contributed by atoms with Crippen molar-refractivity contribution in [1.82, 2.24) is 0 Å². The minimum atomic E-state index is -0.422. The van der Waals surface area contributed by atoms with E-state index in [2.05, 4.69) is 6.92 Å². The quantitative estimate of drug-likeness (QED) is 0.464. The molecule has 29 heavy (non-hydrogen) atoms. The number of carbonyl (C=O) groups excluding carboxylic acids is 1. The molecule has 0 saturated carbocycles. The van der Waals surface area contributed by atoms with Gasteiger partial charge in [-0.15, -0.1) is 0 Å². The molecule has 0 aliphatic heterocycles. The first-order valence-electron chi connectivity index (χ1n) is 9.73. The highest BCUT2D eigenvalue weighted by molar-refractivity contribution is 5.97. The van der Waals surface area contributed by atoms with Crippen molar-refractivity contribution in [3.8, 4) is 22.6 Å². The Hall–Kier alpha value is -3.27. The second-order valence-corrected chi connectivity index (χ2v) is 6.69. The van der Waals surface area contributed by atoms with E-state index in [4.69, 9.17) is 14.2 Å². The van der Waals surface area contributed by atoms with E-state index < -0.39 is 5.97 Å². The number of esters is 1. The van der Waals surface area contributed by atoms with Crippen LogP contribution in [0.15, 0.2) is 66.7 Å². The number of carbonyl (C=O) groups is 1. The molecule has 0 radical (unpaired) electrons. The van der Waals surface area contributed by atoms with Gasteiger partial charge >= 0.3 is 5.97 Å². The summed E-state index contributed by atoms with van der Waals surface area (Å²) in [6.07, 6.45) is 1.83. The Morgan fingerprint density at radius 1 is 0.897 bits per heavy atom. The zero-order valence-corrected chi connectivity index (χ0v) is 17.1. The van der Waals surface area contributed by atoms with E-state index in [1.165, 1.54) is 7.11 Å². The first kappa shape index (κ1) is 20.5. The average Bonchev–Trinajstić information content (AvgIpc) is 2.78. The molecule has 0 aromatic heterocycles. The van der Waals surface area contributed by atoms with Crippen molar-refractivity contribution in [2.75, 3.05) is 14.2 Å². The number of rotatable bonds is 8. The summed E-state index contributed by atoms with van der Waals surface area (Å²) in [5.41, 5.74) is 4.37. The van der Waals surface area contributed by atoms with Crippen LogP contribution in [0, 0.1) is 0 Å². The zero-order chi connectivity index (χ0) is 20.6. The van der Waals surface area contributed by atoms with E-state index in [1.807, 2.05) is 60.7 Å². The Labute approximate surface area is 172 Å². The number of benzene rings is 3. The zero-order valence-electron chi connectivity index (χ0n) is 17.1. The number of para-hydroxylation sites is 1. The average molecular weight is 390 g/mol. The number of aryl methyl sites for hydroxylation is 1. The van der Waals surface area contributed by atoms with Crippen LogP contribution in [0.2, 0.25) is 0 Å². The predicted octanol–water partition coefficient (Wildman–Crippen LogP) is 5.68. The van der Waals surface area contributed by atoms with Crippen LogP contribution in [0.25, 0.3) is 11.1 Å². The van der Waals surface area contributed by atoms with Gasteiger partial charge in [0, 0.05) is 11.1 Å². The Bertz CT molecular complexity index is 964. The molecule has 3 aromatic rings. The molecule has 4 heteroatoms. The molecule has 0 fully saturated rings. The van der Waals surface area contributed by atoms with Crippen LogP contribution in [0.3, 0.4) is 0 Å². The van der Waals surface area contributed by atoms with E-state index in [-0.39, 0.29) is 0 Å². The summed E-state index contributed by atoms with van der Waals surface area (Å²) in [7, 11) is 2.95. The van der Waals surface area contributed by atoms with E-state index >= 15 is 0 Å². The topological polar surface area (TPSA) is 44.8 Å². The van der Waals surface area contributed by atoms with Gasteiger partial charge in [0.1, 0.15) is 23.7 Å². The maximum atomic E-state index is 12.3. The van der Waals surface area contributed by atoms with Crippen molar-refractivity contribution in [2.45, 2.75) is 26.4 Å². The molecule has 0 unspecified atom stereocenters. The normalized spacial score (nSPS) is 10.4. The number of hydrogen-bond donors (Lipinski definition) is 0. The molecule has 0 N–H and O–H groups in total. The van der Waals surface area contributed by atoms with Crippen molar-refractivity contribution in [1.29, 1.82) is 0 Å². The highest BCUT2D eigenvalue weighted by Gasteiger charge is 2.22. The van der Waals surface area contributed by atoms with Crippen LogP contribution in [0.1, 0.15) is 34.8 Å². The van der Waals surface area contributed by atoms with Crippen LogP contribution >= 0.6 is 0 Å². The van der Waals surface area contributed by atoms with Crippen LogP contribution in [-0.2, 0) is 17.8 Å². The van der Waals surface area contributed by atoms with Gasteiger partial charge in [-0.05, 0) is 29.7 Å². The second-order valence-electron chi connectivity index (χ2n) is 6.69. The lowest BCUT2D eigenvalue weighted by molar-refractivity contribution is 0.0597. The summed E-state index contributed by atoms with van der Waals surface area (Å²) < 4.78 is 16.8. The fraction of sp³-hybridized carbons (Fsp3) is 0.240. The molecule has 0 amide bonds. The summed E-state index contributed by atoms with van der Waals surface area (Å²) in [6.45, 7) is 2.59. The largest absolute Gasteiger partial charge is 0.495 e. The molecular weight excluding hydrogens is 364 g/mol. The molecule has 0 bridgehead atoms. The predicted molar refractivity (Wildman–Crippen MR) is 115 cm³/mol. The van der Waals surface area contributed by atoms with Crippen molar-refractivity contribution >= 4 is 5.97 Å². The molecule has 0 aliphatic rings. The third-order valence-corrected chi connectivity index (χ3v) is 4.77. The van der Waals surface area contributed by atoms with E-state index in [0.29, 0.717) is 17.9 Å². The van der Waals surface area contributed by atoms with E-state index in [9.17, 15) is 4.79 Å². The minimum absolute atomic E-state index is 0.405. The maximum Gasteiger partial charge on any atom is 0.341 e. The number of hydrogen-bond acceptors (Lipinski definition) is 4. The molecule has 150 valence electrons. The lowest BCUT2D eigenvalue weighted by atomic mass is 9.92. The highest BCUT2D eigenvalue weighted by Crippen LogP contribution is 2.42. The molecule has 3 rings (SSSR count). The standard InChI is InChI=1S/C25H26O4/c1-4-10-19-15-16-21(25(26)28-3)24(27-2)23(19)20-13-8-9-14-22(20)29-17-18-11-6-5-7-12-18/h5-9,11-16H,4,10,17H2,1-3H3. The van der Waals surface area contributed by atoms with E-state index in [0.717, 1.165) is 40.8 Å². The summed E-state index contributed by atoms with van der Waals surface area (Å²) in [5, 5.41) is 0. The van der Waals surface area contributed by atoms with Gasteiger partial charge in [-0.2, -0.15) is 0 Å². The van der Waals surface area contributed by atoms with Crippen LogP contribution < -0.4 is 9.47 Å². The van der Waals surface area contributed by atoms with Gasteiger partial charge in [0.2, 0.25) is 0 Å². The molecule has 3 aromatic carbocycles. The second kappa shape index (κ2) is 9.78. The summed E-state index contributed by atoms with van der Waals surface area (Å²) >= 11 is 0. The Morgan fingerprint density at radius 2 is 1.62 bits per heavy atom. The smallest absolute Gasteiger partial charge is 0.341 e. The summed E-state index contributed by atoms with van der Waals surface area (Å²) in [5.74, 6) is 0.835. The molecule has 0 saturated heterocycles. The van der Waals surface area contributed by atoms with Gasteiger partial charge in [0.25, 0.3) is 0 Å². The third-order valence-electron chi connectivity index (χ3n) is 4.77. The Kier molecular flexibility index (Phi) is 6.90. The van der Waals surface area contributed by atoms with Crippen molar-refractivity contribution in [2.24, 2.45) is 0 Å². The Morgan fingerprint density at radius 3 is 2.31 bits per heavy atom. The van der Waals surface area contributed by atoms with Gasteiger partial charge in [0.05, 0.1) is 14.2 Å². The lowest BCUT2D eigenvalue weighted by Gasteiger charge is -2.19. The van der Waals surface area contributed by atoms with Crippen molar-refractivity contribution in [3.63, 3.8) is 0 Å². The first-order valence-corrected chi connectivity index (χ1v) is 9.73. The molecule has 4 nitrogen and oxygen atoms in total. The molecule has 0 atom stereocenters. The fourth-order valence-electron chi connectivity index (χ4n) is 3.41. The lowest BCUT2D eigenvalue weighted by Crippen LogP contribution is -2.07. The molecule has 0 aliphatic carbocycles. The summed E-state index contributed by atoms with van der Waals surface area (Å²) in [4.78, 5) is 12.3. The maximum absolute atomic E-state index is 12.3.